The fourth-order valence-electron chi connectivity index (χ4n) is 3.20. The summed E-state index contributed by atoms with van der Waals surface area (Å²) in [5, 5.41) is 19.7. The van der Waals surface area contributed by atoms with E-state index in [4.69, 9.17) is 10.5 Å². The maximum Gasteiger partial charge on any atom is 0.335 e. The molecule has 0 amide bonds. The fourth-order valence-corrected chi connectivity index (χ4v) is 3.58. The number of hydrogen-bond acceptors (Lipinski definition) is 4. The van der Waals surface area contributed by atoms with Gasteiger partial charge in [0.05, 0.1) is 10.0 Å². The summed E-state index contributed by atoms with van der Waals surface area (Å²) in [4.78, 5) is 25.6. The number of carbonyl (C=O) groups excluding carboxylic acids is 1. The standard InChI is InChI=1S/C20H19BrFN3O3/c21-16-11-14(3-6-17(16)22)24-19(23)18(26)12-7-9-25(10-8-12)15-4-1-13(2-5-15)20(27)28/h1-6,11-12H,7-10H2,(H2,23,24)(H,27,28). The number of aromatic carboxylic acids is 1. The topological polar surface area (TPSA) is 93.5 Å². The van der Waals surface area contributed by atoms with E-state index < -0.39 is 11.8 Å². The molecule has 28 heavy (non-hydrogen) atoms. The van der Waals surface area contributed by atoms with Crippen LogP contribution in [0.2, 0.25) is 0 Å². The molecule has 8 heteroatoms. The van der Waals surface area contributed by atoms with Gasteiger partial charge in [0.1, 0.15) is 5.82 Å². The van der Waals surface area contributed by atoms with Gasteiger partial charge >= 0.3 is 5.97 Å². The van der Waals surface area contributed by atoms with Crippen molar-refractivity contribution >= 4 is 44.9 Å². The zero-order chi connectivity index (χ0) is 20.3. The number of carboxylic acid groups (broad SMARTS) is 1. The summed E-state index contributed by atoms with van der Waals surface area (Å²) in [6.07, 6.45) is 1.22. The number of amidine groups is 1. The van der Waals surface area contributed by atoms with E-state index in [1.165, 1.54) is 18.2 Å². The molecule has 0 atom stereocenters. The molecule has 1 fully saturated rings. The van der Waals surface area contributed by atoms with Crippen molar-refractivity contribution in [2.45, 2.75) is 12.8 Å². The number of ketones is 1. The van der Waals surface area contributed by atoms with E-state index >= 15 is 0 Å². The Hall–Kier alpha value is -2.74. The van der Waals surface area contributed by atoms with Crippen molar-refractivity contribution in [1.29, 1.82) is 5.41 Å². The summed E-state index contributed by atoms with van der Waals surface area (Å²) in [5.74, 6) is -2.09. The van der Waals surface area contributed by atoms with Gasteiger partial charge in [-0.25, -0.2) is 9.18 Å². The summed E-state index contributed by atoms with van der Waals surface area (Å²) in [6, 6.07) is 10.9. The number of hydrogen-bond donors (Lipinski definition) is 3. The van der Waals surface area contributed by atoms with Crippen molar-refractivity contribution in [3.63, 3.8) is 0 Å². The monoisotopic (exact) mass is 447 g/mol. The van der Waals surface area contributed by atoms with Gasteiger partial charge in [-0.1, -0.05) is 0 Å². The average Bonchev–Trinajstić information content (AvgIpc) is 2.70. The molecule has 0 aromatic heterocycles. The van der Waals surface area contributed by atoms with Crippen LogP contribution in [0.25, 0.3) is 0 Å². The zero-order valence-electron chi connectivity index (χ0n) is 14.9. The predicted molar refractivity (Wildman–Crippen MR) is 109 cm³/mol. The summed E-state index contributed by atoms with van der Waals surface area (Å²) < 4.78 is 13.6. The summed E-state index contributed by atoms with van der Waals surface area (Å²) in [6.45, 7) is 1.30. The fraction of sp³-hybridized carbons (Fsp3) is 0.250. The van der Waals surface area contributed by atoms with Gasteiger partial charge in [-0.15, -0.1) is 0 Å². The molecule has 1 heterocycles. The Morgan fingerprint density at radius 1 is 1.14 bits per heavy atom. The smallest absolute Gasteiger partial charge is 0.335 e. The summed E-state index contributed by atoms with van der Waals surface area (Å²) in [5.41, 5.74) is 1.63. The highest BCUT2D eigenvalue weighted by Gasteiger charge is 2.27. The van der Waals surface area contributed by atoms with E-state index in [2.05, 4.69) is 26.1 Å². The quantitative estimate of drug-likeness (QED) is 0.472. The van der Waals surface area contributed by atoms with Gasteiger partial charge in [0.25, 0.3) is 0 Å². The van der Waals surface area contributed by atoms with Crippen molar-refractivity contribution < 1.29 is 19.1 Å². The van der Waals surface area contributed by atoms with Crippen molar-refractivity contribution in [3.05, 3.63) is 58.3 Å². The molecule has 2 aromatic rings. The number of benzene rings is 2. The first-order valence-electron chi connectivity index (χ1n) is 8.78. The van der Waals surface area contributed by atoms with Crippen LogP contribution in [-0.2, 0) is 4.79 Å². The molecular formula is C20H19BrFN3O3. The van der Waals surface area contributed by atoms with Gasteiger partial charge in [0.2, 0.25) is 5.78 Å². The predicted octanol–water partition coefficient (Wildman–Crippen LogP) is 4.16. The van der Waals surface area contributed by atoms with E-state index in [0.29, 0.717) is 31.6 Å². The minimum Gasteiger partial charge on any atom is -0.478 e. The molecule has 0 bridgehead atoms. The maximum atomic E-state index is 13.3. The number of nitrogens with zero attached hydrogens (tertiary/aromatic N) is 1. The molecule has 3 rings (SSSR count). The third-order valence-corrected chi connectivity index (χ3v) is 5.39. The zero-order valence-corrected chi connectivity index (χ0v) is 16.5. The molecule has 6 nitrogen and oxygen atoms in total. The number of carbonyl (C=O) groups is 2. The first-order valence-corrected chi connectivity index (χ1v) is 9.57. The first-order chi connectivity index (χ1) is 13.3. The van der Waals surface area contributed by atoms with Gasteiger partial charge in [-0.2, -0.15) is 0 Å². The second kappa shape index (κ2) is 8.52. The molecule has 0 saturated carbocycles. The lowest BCUT2D eigenvalue weighted by Gasteiger charge is -2.33. The van der Waals surface area contributed by atoms with Gasteiger partial charge in [-0.05, 0) is 71.2 Å². The molecule has 146 valence electrons. The Labute approximate surface area is 170 Å². The van der Waals surface area contributed by atoms with Crippen LogP contribution >= 0.6 is 15.9 Å². The molecule has 1 saturated heterocycles. The van der Waals surface area contributed by atoms with Gasteiger partial charge < -0.3 is 15.3 Å². The van der Waals surface area contributed by atoms with E-state index in [0.717, 1.165) is 5.69 Å². The Kier molecular flexibility index (Phi) is 6.08. The number of nitrogens with one attached hydrogen (secondary N) is 2. The highest BCUT2D eigenvalue weighted by atomic mass is 79.9. The third-order valence-electron chi connectivity index (χ3n) is 4.78. The maximum absolute atomic E-state index is 13.3. The van der Waals surface area contributed by atoms with Crippen LogP contribution < -0.4 is 10.2 Å². The second-order valence-electron chi connectivity index (χ2n) is 6.61. The lowest BCUT2D eigenvalue weighted by atomic mass is 9.91. The van der Waals surface area contributed by atoms with Crippen LogP contribution in [0.4, 0.5) is 15.8 Å². The lowest BCUT2D eigenvalue weighted by molar-refractivity contribution is -0.117. The molecule has 0 spiro atoms. The van der Waals surface area contributed by atoms with Gasteiger partial charge in [-0.3, -0.25) is 10.2 Å². The van der Waals surface area contributed by atoms with Crippen LogP contribution in [0.15, 0.2) is 46.9 Å². The molecule has 0 unspecified atom stereocenters. The molecule has 3 N–H and O–H groups in total. The van der Waals surface area contributed by atoms with Gasteiger partial charge in [0.15, 0.2) is 5.84 Å². The molecular weight excluding hydrogens is 429 g/mol. The normalized spacial score (nSPS) is 14.6. The second-order valence-corrected chi connectivity index (χ2v) is 7.46. The number of carboxylic acids is 1. The molecule has 0 aliphatic carbocycles. The number of halogens is 2. The Balaban J connectivity index is 1.56. The van der Waals surface area contributed by atoms with Crippen LogP contribution in [-0.4, -0.2) is 35.8 Å². The Bertz CT molecular complexity index is 909. The van der Waals surface area contributed by atoms with Crippen LogP contribution in [0.1, 0.15) is 23.2 Å². The SMILES string of the molecule is N=C(Nc1ccc(F)c(Br)c1)C(=O)C1CCN(c2ccc(C(=O)O)cc2)CC1. The first kappa shape index (κ1) is 20.0. The molecule has 1 aliphatic rings. The minimum absolute atomic E-state index is 0.206. The number of Topliss-reactive ketones (excluding diaryl/α,β-unsaturated/α-hetero) is 1. The molecule has 2 aromatic carbocycles. The number of rotatable bonds is 5. The summed E-state index contributed by atoms with van der Waals surface area (Å²) in [7, 11) is 0. The molecule has 1 aliphatic heterocycles. The highest BCUT2D eigenvalue weighted by Crippen LogP contribution is 2.25. The summed E-state index contributed by atoms with van der Waals surface area (Å²) >= 11 is 3.08. The highest BCUT2D eigenvalue weighted by molar-refractivity contribution is 9.10. The van der Waals surface area contributed by atoms with E-state index in [-0.39, 0.29) is 27.6 Å². The van der Waals surface area contributed by atoms with Crippen LogP contribution in [0.5, 0.6) is 0 Å². The largest absolute Gasteiger partial charge is 0.478 e. The lowest BCUT2D eigenvalue weighted by Crippen LogP contribution is -2.39. The van der Waals surface area contributed by atoms with E-state index in [1.54, 1.807) is 24.3 Å². The van der Waals surface area contributed by atoms with E-state index in [9.17, 15) is 14.0 Å². The third kappa shape index (κ3) is 4.56. The average molecular weight is 448 g/mol. The van der Waals surface area contributed by atoms with Gasteiger partial charge in [0, 0.05) is 30.4 Å². The van der Waals surface area contributed by atoms with Crippen molar-refractivity contribution in [2.75, 3.05) is 23.3 Å². The number of piperidine rings is 1. The van der Waals surface area contributed by atoms with Crippen LogP contribution in [0.3, 0.4) is 0 Å². The van der Waals surface area contributed by atoms with Crippen molar-refractivity contribution in [3.8, 4) is 0 Å². The minimum atomic E-state index is -0.963. The Morgan fingerprint density at radius 2 is 1.79 bits per heavy atom. The number of anilines is 2. The van der Waals surface area contributed by atoms with Crippen molar-refractivity contribution in [1.82, 2.24) is 0 Å². The Morgan fingerprint density at radius 3 is 2.36 bits per heavy atom. The van der Waals surface area contributed by atoms with Crippen molar-refractivity contribution in [2.24, 2.45) is 5.92 Å². The van der Waals surface area contributed by atoms with E-state index in [1.807, 2.05) is 0 Å². The van der Waals surface area contributed by atoms with Crippen LogP contribution in [0, 0.1) is 17.1 Å². The molecule has 0 radical (unpaired) electrons.